The Morgan fingerprint density at radius 2 is 1.14 bits per heavy atom. The summed E-state index contributed by atoms with van der Waals surface area (Å²) in [6.07, 6.45) is 0. The third kappa shape index (κ3) is 5.04. The number of hydrogen-bond acceptors (Lipinski definition) is 2. The highest BCUT2D eigenvalue weighted by molar-refractivity contribution is 6.17. The van der Waals surface area contributed by atoms with Crippen LogP contribution in [0.3, 0.4) is 0 Å². The van der Waals surface area contributed by atoms with Crippen molar-refractivity contribution in [2.75, 3.05) is 10.6 Å². The number of alkyl halides is 1. The van der Waals surface area contributed by atoms with E-state index < -0.39 is 0 Å². The standard InChI is InChI=1S/C24H23ClN2O2/c1-15-4-8-19(9-5-15)23(28)26-21-12-17(3)22(13-16(21)2)27-24(29)20-10-6-18(14-25)7-11-20/h4-13H,14H2,1-3H3,(H,26,28)(H,27,29). The molecule has 29 heavy (non-hydrogen) atoms. The highest BCUT2D eigenvalue weighted by Crippen LogP contribution is 2.25. The molecule has 2 amide bonds. The molecule has 0 aliphatic rings. The van der Waals surface area contributed by atoms with Gasteiger partial charge in [0, 0.05) is 28.4 Å². The Bertz CT molecular complexity index is 1040. The third-order valence-electron chi connectivity index (χ3n) is 4.75. The van der Waals surface area contributed by atoms with Crippen molar-refractivity contribution in [1.82, 2.24) is 0 Å². The van der Waals surface area contributed by atoms with Gasteiger partial charge in [0.2, 0.25) is 0 Å². The zero-order chi connectivity index (χ0) is 21.0. The van der Waals surface area contributed by atoms with Crippen LogP contribution in [-0.2, 0) is 5.88 Å². The lowest BCUT2D eigenvalue weighted by molar-refractivity contribution is 0.101. The summed E-state index contributed by atoms with van der Waals surface area (Å²) in [4.78, 5) is 25.0. The van der Waals surface area contributed by atoms with E-state index in [0.717, 1.165) is 27.9 Å². The predicted molar refractivity (Wildman–Crippen MR) is 119 cm³/mol. The second kappa shape index (κ2) is 8.93. The van der Waals surface area contributed by atoms with Crippen molar-refractivity contribution >= 4 is 34.8 Å². The Morgan fingerprint density at radius 3 is 1.55 bits per heavy atom. The van der Waals surface area contributed by atoms with Gasteiger partial charge in [0.15, 0.2) is 0 Å². The van der Waals surface area contributed by atoms with Crippen LogP contribution in [0, 0.1) is 20.8 Å². The van der Waals surface area contributed by atoms with E-state index in [1.165, 1.54) is 0 Å². The predicted octanol–water partition coefficient (Wildman–Crippen LogP) is 5.86. The topological polar surface area (TPSA) is 58.2 Å². The number of carbonyl (C=O) groups excluding carboxylic acids is 2. The van der Waals surface area contributed by atoms with Gasteiger partial charge in [-0.3, -0.25) is 9.59 Å². The monoisotopic (exact) mass is 406 g/mol. The minimum atomic E-state index is -0.190. The average molecular weight is 407 g/mol. The average Bonchev–Trinajstić information content (AvgIpc) is 2.72. The van der Waals surface area contributed by atoms with Crippen molar-refractivity contribution < 1.29 is 9.59 Å². The molecule has 0 fully saturated rings. The third-order valence-corrected chi connectivity index (χ3v) is 5.06. The van der Waals surface area contributed by atoms with Crippen molar-refractivity contribution in [1.29, 1.82) is 0 Å². The molecule has 5 heteroatoms. The summed E-state index contributed by atoms with van der Waals surface area (Å²) >= 11 is 5.79. The smallest absolute Gasteiger partial charge is 0.255 e. The Hall–Kier alpha value is -3.11. The van der Waals surface area contributed by atoms with Crippen molar-refractivity contribution in [3.63, 3.8) is 0 Å². The van der Waals surface area contributed by atoms with E-state index in [1.54, 1.807) is 24.3 Å². The number of hydrogen-bond donors (Lipinski definition) is 2. The molecule has 0 saturated carbocycles. The Labute approximate surface area is 175 Å². The van der Waals surface area contributed by atoms with Gasteiger partial charge < -0.3 is 10.6 Å². The Balaban J connectivity index is 1.75. The molecule has 0 spiro atoms. The van der Waals surface area contributed by atoms with E-state index >= 15 is 0 Å². The first-order valence-electron chi connectivity index (χ1n) is 9.33. The molecule has 0 bridgehead atoms. The summed E-state index contributed by atoms with van der Waals surface area (Å²) in [6, 6.07) is 18.3. The lowest BCUT2D eigenvalue weighted by Gasteiger charge is -2.14. The van der Waals surface area contributed by atoms with Gasteiger partial charge in [-0.15, -0.1) is 11.6 Å². The lowest BCUT2D eigenvalue weighted by Crippen LogP contribution is -2.15. The number of carbonyl (C=O) groups is 2. The number of rotatable bonds is 5. The molecule has 0 saturated heterocycles. The van der Waals surface area contributed by atoms with E-state index in [2.05, 4.69) is 10.6 Å². The van der Waals surface area contributed by atoms with Crippen molar-refractivity contribution in [3.05, 3.63) is 94.0 Å². The molecule has 0 aliphatic carbocycles. The van der Waals surface area contributed by atoms with Crippen LogP contribution in [0.25, 0.3) is 0 Å². The minimum Gasteiger partial charge on any atom is -0.322 e. The second-order valence-electron chi connectivity index (χ2n) is 7.09. The normalized spacial score (nSPS) is 10.5. The number of anilines is 2. The summed E-state index contributed by atoms with van der Waals surface area (Å²) in [6.45, 7) is 5.77. The molecule has 0 aliphatic heterocycles. The fourth-order valence-electron chi connectivity index (χ4n) is 2.92. The van der Waals surface area contributed by atoms with Crippen molar-refractivity contribution in [2.24, 2.45) is 0 Å². The van der Waals surface area contributed by atoms with Gasteiger partial charge in [0.25, 0.3) is 11.8 Å². The maximum absolute atomic E-state index is 12.5. The summed E-state index contributed by atoms with van der Waals surface area (Å²) in [7, 11) is 0. The quantitative estimate of drug-likeness (QED) is 0.521. The summed E-state index contributed by atoms with van der Waals surface area (Å²) < 4.78 is 0. The fourth-order valence-corrected chi connectivity index (χ4v) is 3.10. The number of nitrogens with one attached hydrogen (secondary N) is 2. The van der Waals surface area contributed by atoms with Crippen LogP contribution in [0.5, 0.6) is 0 Å². The molecule has 3 aromatic carbocycles. The SMILES string of the molecule is Cc1ccc(C(=O)Nc2cc(C)c(NC(=O)c3ccc(CCl)cc3)cc2C)cc1. The minimum absolute atomic E-state index is 0.163. The molecule has 2 N–H and O–H groups in total. The number of benzene rings is 3. The van der Waals surface area contributed by atoms with Gasteiger partial charge in [-0.25, -0.2) is 0 Å². The first-order valence-corrected chi connectivity index (χ1v) is 9.86. The second-order valence-corrected chi connectivity index (χ2v) is 7.35. The molecule has 4 nitrogen and oxygen atoms in total. The van der Waals surface area contributed by atoms with Gasteiger partial charge in [-0.05, 0) is 73.9 Å². The van der Waals surface area contributed by atoms with Crippen LogP contribution in [0.15, 0.2) is 60.7 Å². The Kier molecular flexibility index (Phi) is 6.35. The van der Waals surface area contributed by atoms with Crippen LogP contribution in [-0.4, -0.2) is 11.8 Å². The maximum atomic E-state index is 12.5. The highest BCUT2D eigenvalue weighted by Gasteiger charge is 2.12. The van der Waals surface area contributed by atoms with Crippen molar-refractivity contribution in [3.8, 4) is 0 Å². The molecular formula is C24H23ClN2O2. The molecule has 0 radical (unpaired) electrons. The van der Waals surface area contributed by atoms with E-state index in [-0.39, 0.29) is 11.8 Å². The van der Waals surface area contributed by atoms with Gasteiger partial charge in [0.05, 0.1) is 0 Å². The molecule has 0 unspecified atom stereocenters. The lowest BCUT2D eigenvalue weighted by atomic mass is 10.1. The van der Waals surface area contributed by atoms with Gasteiger partial charge in [-0.1, -0.05) is 29.8 Å². The molecule has 0 heterocycles. The molecule has 0 atom stereocenters. The first kappa shape index (κ1) is 20.6. The Morgan fingerprint density at radius 1 is 0.724 bits per heavy atom. The van der Waals surface area contributed by atoms with Gasteiger partial charge in [-0.2, -0.15) is 0 Å². The van der Waals surface area contributed by atoms with E-state index in [1.807, 2.05) is 57.2 Å². The molecule has 3 aromatic rings. The van der Waals surface area contributed by atoms with Crippen molar-refractivity contribution in [2.45, 2.75) is 26.7 Å². The largest absolute Gasteiger partial charge is 0.322 e. The number of amides is 2. The number of aryl methyl sites for hydroxylation is 3. The van der Waals surface area contributed by atoms with Gasteiger partial charge >= 0.3 is 0 Å². The van der Waals surface area contributed by atoms with Crippen LogP contribution < -0.4 is 10.6 Å². The van der Waals surface area contributed by atoms with E-state index in [9.17, 15) is 9.59 Å². The van der Waals surface area contributed by atoms with Gasteiger partial charge in [0.1, 0.15) is 0 Å². The maximum Gasteiger partial charge on any atom is 0.255 e. The van der Waals surface area contributed by atoms with Crippen LogP contribution >= 0.6 is 11.6 Å². The summed E-state index contributed by atoms with van der Waals surface area (Å²) in [5.41, 5.74) is 6.39. The zero-order valence-electron chi connectivity index (χ0n) is 16.7. The first-order chi connectivity index (χ1) is 13.9. The zero-order valence-corrected chi connectivity index (χ0v) is 17.4. The van der Waals surface area contributed by atoms with Crippen LogP contribution in [0.1, 0.15) is 43.0 Å². The summed E-state index contributed by atoms with van der Waals surface area (Å²) in [5, 5.41) is 5.89. The highest BCUT2D eigenvalue weighted by atomic mass is 35.5. The molecule has 148 valence electrons. The summed E-state index contributed by atoms with van der Waals surface area (Å²) in [5.74, 6) is 0.0596. The molecular weight excluding hydrogens is 384 g/mol. The number of halogens is 1. The molecule has 0 aromatic heterocycles. The van der Waals surface area contributed by atoms with E-state index in [4.69, 9.17) is 11.6 Å². The van der Waals surface area contributed by atoms with Crippen LogP contribution in [0.4, 0.5) is 11.4 Å². The van der Waals surface area contributed by atoms with Crippen LogP contribution in [0.2, 0.25) is 0 Å². The fraction of sp³-hybridized carbons (Fsp3) is 0.167. The molecule has 3 rings (SSSR count). The van der Waals surface area contributed by atoms with E-state index in [0.29, 0.717) is 22.7 Å².